The summed E-state index contributed by atoms with van der Waals surface area (Å²) in [5, 5.41) is 3.73. The first-order valence-corrected chi connectivity index (χ1v) is 10.3. The molecule has 1 fully saturated rings. The Kier molecular flexibility index (Phi) is 6.75. The monoisotopic (exact) mass is 369 g/mol. The topological polar surface area (TPSA) is 38.3 Å². The molecule has 1 aliphatic rings. The highest BCUT2D eigenvalue weighted by molar-refractivity contribution is 7.99. The number of carbonyl (C=O) groups excluding carboxylic acids is 1. The molecule has 0 bridgehead atoms. The number of aryl methyl sites for hydroxylation is 2. The molecule has 1 N–H and O–H groups in total. The summed E-state index contributed by atoms with van der Waals surface area (Å²) in [7, 11) is 0. The third-order valence-electron chi connectivity index (χ3n) is 4.72. The van der Waals surface area contributed by atoms with E-state index < -0.39 is 0 Å². The molecule has 4 heteroatoms. The minimum Gasteiger partial charge on any atom is -0.381 e. The fourth-order valence-electron chi connectivity index (χ4n) is 3.16. The SMILES string of the molecule is Cc1ccc(C)c(CC(=O)Nc2cccc(CSC3CCOCC3)c2)c1. The molecule has 2 aromatic rings. The normalized spacial score (nSPS) is 15.0. The van der Waals surface area contributed by atoms with Crippen molar-refractivity contribution in [3.63, 3.8) is 0 Å². The van der Waals surface area contributed by atoms with Crippen LogP contribution in [0.4, 0.5) is 5.69 Å². The summed E-state index contributed by atoms with van der Waals surface area (Å²) >= 11 is 1.99. The lowest BCUT2D eigenvalue weighted by atomic mass is 10.0. The molecular weight excluding hydrogens is 342 g/mol. The molecule has 0 spiro atoms. The molecule has 0 saturated carbocycles. The highest BCUT2D eigenvalue weighted by Crippen LogP contribution is 2.26. The van der Waals surface area contributed by atoms with E-state index in [0.29, 0.717) is 11.7 Å². The molecule has 3 rings (SSSR count). The molecular formula is C22H27NO2S. The number of rotatable bonds is 6. The molecule has 0 unspecified atom stereocenters. The Hall–Kier alpha value is -1.78. The lowest BCUT2D eigenvalue weighted by Gasteiger charge is -2.21. The minimum absolute atomic E-state index is 0.0351. The average Bonchev–Trinajstić information content (AvgIpc) is 2.64. The molecule has 26 heavy (non-hydrogen) atoms. The van der Waals surface area contributed by atoms with Crippen molar-refractivity contribution in [3.05, 3.63) is 64.7 Å². The third kappa shape index (κ3) is 5.61. The molecule has 0 atom stereocenters. The van der Waals surface area contributed by atoms with Crippen LogP contribution in [-0.4, -0.2) is 24.4 Å². The first kappa shape index (κ1) is 19.0. The van der Waals surface area contributed by atoms with Crippen LogP contribution in [0.5, 0.6) is 0 Å². The lowest BCUT2D eigenvalue weighted by molar-refractivity contribution is -0.115. The molecule has 1 heterocycles. The molecule has 1 saturated heterocycles. The van der Waals surface area contributed by atoms with Crippen LogP contribution in [-0.2, 0) is 21.7 Å². The summed E-state index contributed by atoms with van der Waals surface area (Å²) in [6.45, 7) is 5.87. The Bertz CT molecular complexity index is 754. The Balaban J connectivity index is 1.55. The number of carbonyl (C=O) groups is 1. The maximum atomic E-state index is 12.4. The van der Waals surface area contributed by atoms with E-state index in [2.05, 4.69) is 49.5 Å². The van der Waals surface area contributed by atoms with Crippen molar-refractivity contribution in [1.29, 1.82) is 0 Å². The third-order valence-corrected chi connectivity index (χ3v) is 6.16. The van der Waals surface area contributed by atoms with Crippen LogP contribution >= 0.6 is 11.8 Å². The fraction of sp³-hybridized carbons (Fsp3) is 0.409. The molecule has 3 nitrogen and oxygen atoms in total. The van der Waals surface area contributed by atoms with Gasteiger partial charge >= 0.3 is 0 Å². The van der Waals surface area contributed by atoms with E-state index in [9.17, 15) is 4.79 Å². The van der Waals surface area contributed by atoms with Gasteiger partial charge in [-0.3, -0.25) is 4.79 Å². The van der Waals surface area contributed by atoms with Crippen LogP contribution in [0.3, 0.4) is 0 Å². The van der Waals surface area contributed by atoms with Gasteiger partial charge in [0.05, 0.1) is 6.42 Å². The zero-order valence-electron chi connectivity index (χ0n) is 15.6. The van der Waals surface area contributed by atoms with Gasteiger partial charge in [-0.25, -0.2) is 0 Å². The molecule has 0 aliphatic carbocycles. The number of hydrogen-bond acceptors (Lipinski definition) is 3. The minimum atomic E-state index is 0.0351. The van der Waals surface area contributed by atoms with Crippen LogP contribution in [0, 0.1) is 13.8 Å². The Morgan fingerprint density at radius 3 is 2.77 bits per heavy atom. The fourth-order valence-corrected chi connectivity index (χ4v) is 4.30. The average molecular weight is 370 g/mol. The van der Waals surface area contributed by atoms with Crippen molar-refractivity contribution < 1.29 is 9.53 Å². The second kappa shape index (κ2) is 9.24. The number of benzene rings is 2. The van der Waals surface area contributed by atoms with Gasteiger partial charge in [0.2, 0.25) is 5.91 Å². The van der Waals surface area contributed by atoms with E-state index in [1.165, 1.54) is 11.1 Å². The van der Waals surface area contributed by atoms with E-state index in [1.807, 2.05) is 23.9 Å². The summed E-state index contributed by atoms with van der Waals surface area (Å²) in [4.78, 5) is 12.4. The van der Waals surface area contributed by atoms with Gasteiger partial charge in [-0.2, -0.15) is 11.8 Å². The second-order valence-corrected chi connectivity index (χ2v) is 8.27. The van der Waals surface area contributed by atoms with Crippen LogP contribution < -0.4 is 5.32 Å². The number of thioether (sulfide) groups is 1. The maximum absolute atomic E-state index is 12.4. The number of ether oxygens (including phenoxy) is 1. The van der Waals surface area contributed by atoms with E-state index in [0.717, 1.165) is 48.6 Å². The summed E-state index contributed by atoms with van der Waals surface area (Å²) in [6.07, 6.45) is 2.68. The van der Waals surface area contributed by atoms with Crippen LogP contribution in [0.15, 0.2) is 42.5 Å². The van der Waals surface area contributed by atoms with Gasteiger partial charge in [-0.1, -0.05) is 35.9 Å². The van der Waals surface area contributed by atoms with Gasteiger partial charge in [-0.05, 0) is 55.5 Å². The summed E-state index contributed by atoms with van der Waals surface area (Å²) in [5.41, 5.74) is 5.57. The predicted octanol–water partition coefficient (Wildman–Crippen LogP) is 4.90. The molecule has 138 valence electrons. The molecule has 0 aromatic heterocycles. The molecule has 1 amide bonds. The van der Waals surface area contributed by atoms with Crippen molar-refractivity contribution in [2.24, 2.45) is 0 Å². The Morgan fingerprint density at radius 2 is 1.96 bits per heavy atom. The summed E-state index contributed by atoms with van der Waals surface area (Å²) < 4.78 is 5.42. The van der Waals surface area contributed by atoms with Gasteiger partial charge in [0, 0.05) is 29.9 Å². The number of hydrogen-bond donors (Lipinski definition) is 1. The second-order valence-electron chi connectivity index (χ2n) is 6.98. The zero-order valence-corrected chi connectivity index (χ0v) is 16.4. The van der Waals surface area contributed by atoms with Gasteiger partial charge < -0.3 is 10.1 Å². The Labute approximate surface area is 160 Å². The summed E-state index contributed by atoms with van der Waals surface area (Å²) in [5.74, 6) is 1.01. The van der Waals surface area contributed by atoms with E-state index in [1.54, 1.807) is 0 Å². The molecule has 2 aromatic carbocycles. The highest BCUT2D eigenvalue weighted by atomic mass is 32.2. The molecule has 0 radical (unpaired) electrons. The van der Waals surface area contributed by atoms with Crippen molar-refractivity contribution in [2.75, 3.05) is 18.5 Å². The van der Waals surface area contributed by atoms with Crippen LogP contribution in [0.25, 0.3) is 0 Å². The number of nitrogens with one attached hydrogen (secondary N) is 1. The van der Waals surface area contributed by atoms with Crippen LogP contribution in [0.2, 0.25) is 0 Å². The van der Waals surface area contributed by atoms with Gasteiger partial charge in [0.15, 0.2) is 0 Å². The quantitative estimate of drug-likeness (QED) is 0.787. The van der Waals surface area contributed by atoms with Gasteiger partial charge in [-0.15, -0.1) is 0 Å². The van der Waals surface area contributed by atoms with Crippen molar-refractivity contribution in [2.45, 2.75) is 44.1 Å². The zero-order chi connectivity index (χ0) is 18.4. The van der Waals surface area contributed by atoms with E-state index in [4.69, 9.17) is 4.74 Å². The van der Waals surface area contributed by atoms with Crippen molar-refractivity contribution >= 4 is 23.4 Å². The number of amides is 1. The first-order valence-electron chi connectivity index (χ1n) is 9.24. The van der Waals surface area contributed by atoms with E-state index >= 15 is 0 Å². The number of anilines is 1. The van der Waals surface area contributed by atoms with Gasteiger partial charge in [0.25, 0.3) is 0 Å². The lowest BCUT2D eigenvalue weighted by Crippen LogP contribution is -2.17. The maximum Gasteiger partial charge on any atom is 0.228 e. The first-order chi connectivity index (χ1) is 12.6. The standard InChI is InChI=1S/C22H27NO2S/c1-16-6-7-17(2)19(12-16)14-22(24)23-20-5-3-4-18(13-20)15-26-21-8-10-25-11-9-21/h3-7,12-13,21H,8-11,14-15H2,1-2H3,(H,23,24). The van der Waals surface area contributed by atoms with Crippen molar-refractivity contribution in [3.8, 4) is 0 Å². The van der Waals surface area contributed by atoms with E-state index in [-0.39, 0.29) is 5.91 Å². The van der Waals surface area contributed by atoms with Crippen LogP contribution in [0.1, 0.15) is 35.1 Å². The predicted molar refractivity (Wildman–Crippen MR) is 110 cm³/mol. The summed E-state index contributed by atoms with van der Waals surface area (Å²) in [6, 6.07) is 14.5. The van der Waals surface area contributed by atoms with Crippen molar-refractivity contribution in [1.82, 2.24) is 0 Å². The highest BCUT2D eigenvalue weighted by Gasteiger charge is 2.14. The molecule has 1 aliphatic heterocycles. The van der Waals surface area contributed by atoms with Gasteiger partial charge in [0.1, 0.15) is 0 Å². The smallest absolute Gasteiger partial charge is 0.228 e. The largest absolute Gasteiger partial charge is 0.381 e. The Morgan fingerprint density at radius 1 is 1.15 bits per heavy atom.